The molecule has 0 fully saturated rings. The first-order valence-corrected chi connectivity index (χ1v) is 7.21. The third kappa shape index (κ3) is 4.95. The molecule has 0 bridgehead atoms. The Bertz CT molecular complexity index is 359. The van der Waals surface area contributed by atoms with Gasteiger partial charge < -0.3 is 10.5 Å². The first-order chi connectivity index (χ1) is 8.54. The van der Waals surface area contributed by atoms with Crippen LogP contribution in [0.4, 0.5) is 5.69 Å². The van der Waals surface area contributed by atoms with Crippen molar-refractivity contribution in [3.8, 4) is 5.75 Å². The molecule has 102 valence electrons. The maximum absolute atomic E-state index is 6.07. The lowest BCUT2D eigenvalue weighted by atomic mass is 10.1. The highest BCUT2D eigenvalue weighted by molar-refractivity contribution is 6.37. The Balaban J connectivity index is 2.51. The Morgan fingerprint density at radius 3 is 2.33 bits per heavy atom. The van der Waals surface area contributed by atoms with Crippen LogP contribution in [0, 0.1) is 0 Å². The molecule has 4 heteroatoms. The summed E-state index contributed by atoms with van der Waals surface area (Å²) in [4.78, 5) is 0. The summed E-state index contributed by atoms with van der Waals surface area (Å²) in [7, 11) is 0. The number of nitrogen functional groups attached to an aromatic ring is 1. The minimum atomic E-state index is 0.112. The van der Waals surface area contributed by atoms with Crippen LogP contribution in [0.2, 0.25) is 10.0 Å². The monoisotopic (exact) mass is 289 g/mol. The Morgan fingerprint density at radius 1 is 1.17 bits per heavy atom. The zero-order valence-electron chi connectivity index (χ0n) is 11.0. The molecule has 0 spiro atoms. The second-order valence-corrected chi connectivity index (χ2v) is 5.41. The van der Waals surface area contributed by atoms with Gasteiger partial charge in [0.15, 0.2) is 5.75 Å². The highest BCUT2D eigenvalue weighted by Crippen LogP contribution is 2.36. The van der Waals surface area contributed by atoms with Crippen LogP contribution in [0.15, 0.2) is 12.1 Å². The number of rotatable bonds is 7. The van der Waals surface area contributed by atoms with Crippen LogP contribution in [0.3, 0.4) is 0 Å². The molecule has 0 aliphatic heterocycles. The number of halogens is 2. The molecule has 1 aromatic carbocycles. The number of unbranched alkanes of at least 4 members (excludes halogenated alkanes) is 3. The van der Waals surface area contributed by atoms with Crippen molar-refractivity contribution in [1.82, 2.24) is 0 Å². The van der Waals surface area contributed by atoms with Gasteiger partial charge in [-0.05, 0) is 31.9 Å². The Hall–Kier alpha value is -0.600. The zero-order valence-corrected chi connectivity index (χ0v) is 12.5. The summed E-state index contributed by atoms with van der Waals surface area (Å²) < 4.78 is 5.79. The minimum Gasteiger partial charge on any atom is -0.488 e. The average molecular weight is 290 g/mol. The Labute approximate surface area is 119 Å². The fourth-order valence-electron chi connectivity index (χ4n) is 1.81. The fraction of sp³-hybridized carbons (Fsp3) is 0.571. The standard InChI is InChI=1S/C14H21Cl2NO/c1-3-4-5-6-7-10(2)18-14-12(15)8-11(17)9-13(14)16/h8-10H,3-7,17H2,1-2H3. The van der Waals surface area contributed by atoms with E-state index in [0.29, 0.717) is 21.5 Å². The first-order valence-electron chi connectivity index (χ1n) is 6.45. The SMILES string of the molecule is CCCCCCC(C)Oc1c(Cl)cc(N)cc1Cl. The Morgan fingerprint density at radius 2 is 1.78 bits per heavy atom. The third-order valence-electron chi connectivity index (χ3n) is 2.80. The summed E-state index contributed by atoms with van der Waals surface area (Å²) in [5, 5.41) is 0.945. The van der Waals surface area contributed by atoms with Crippen LogP contribution in [0.5, 0.6) is 5.75 Å². The van der Waals surface area contributed by atoms with Crippen molar-refractivity contribution in [2.75, 3.05) is 5.73 Å². The molecular formula is C14H21Cl2NO. The van der Waals surface area contributed by atoms with Gasteiger partial charge in [-0.1, -0.05) is 49.4 Å². The molecule has 2 nitrogen and oxygen atoms in total. The number of ether oxygens (including phenoxy) is 1. The number of nitrogens with two attached hydrogens (primary N) is 1. The van der Waals surface area contributed by atoms with Crippen molar-refractivity contribution in [1.29, 1.82) is 0 Å². The molecule has 2 N–H and O–H groups in total. The predicted octanol–water partition coefficient (Wildman–Crippen LogP) is 5.31. The van der Waals surface area contributed by atoms with Crippen LogP contribution in [0.25, 0.3) is 0 Å². The lowest BCUT2D eigenvalue weighted by Gasteiger charge is -2.17. The van der Waals surface area contributed by atoms with E-state index in [2.05, 4.69) is 6.92 Å². The van der Waals surface area contributed by atoms with E-state index in [0.717, 1.165) is 6.42 Å². The van der Waals surface area contributed by atoms with E-state index >= 15 is 0 Å². The number of hydrogen-bond acceptors (Lipinski definition) is 2. The largest absolute Gasteiger partial charge is 0.488 e. The quantitative estimate of drug-likeness (QED) is 0.545. The van der Waals surface area contributed by atoms with Crippen LogP contribution in [0.1, 0.15) is 46.0 Å². The molecular weight excluding hydrogens is 269 g/mol. The molecule has 0 saturated heterocycles. The highest BCUT2D eigenvalue weighted by atomic mass is 35.5. The molecule has 1 unspecified atom stereocenters. The summed E-state index contributed by atoms with van der Waals surface area (Å²) in [5.41, 5.74) is 6.20. The topological polar surface area (TPSA) is 35.2 Å². The van der Waals surface area contributed by atoms with E-state index in [1.165, 1.54) is 25.7 Å². The maximum Gasteiger partial charge on any atom is 0.157 e. The molecule has 0 heterocycles. The molecule has 1 aromatic rings. The molecule has 0 saturated carbocycles. The second kappa shape index (κ2) is 7.75. The number of benzene rings is 1. The van der Waals surface area contributed by atoms with Gasteiger partial charge in [0, 0.05) is 5.69 Å². The average Bonchev–Trinajstić information content (AvgIpc) is 2.29. The predicted molar refractivity (Wildman–Crippen MR) is 79.7 cm³/mol. The van der Waals surface area contributed by atoms with Crippen LogP contribution >= 0.6 is 23.2 Å². The van der Waals surface area contributed by atoms with E-state index in [4.69, 9.17) is 33.7 Å². The van der Waals surface area contributed by atoms with Crippen LogP contribution in [-0.2, 0) is 0 Å². The summed E-state index contributed by atoms with van der Waals surface area (Å²) in [6, 6.07) is 3.32. The van der Waals surface area contributed by atoms with Crippen molar-refractivity contribution in [3.05, 3.63) is 22.2 Å². The molecule has 0 aliphatic rings. The van der Waals surface area contributed by atoms with Gasteiger partial charge in [-0.3, -0.25) is 0 Å². The molecule has 0 aliphatic carbocycles. The van der Waals surface area contributed by atoms with Crippen molar-refractivity contribution in [2.24, 2.45) is 0 Å². The van der Waals surface area contributed by atoms with Crippen molar-refractivity contribution >= 4 is 28.9 Å². The summed E-state index contributed by atoms with van der Waals surface area (Å²) in [5.74, 6) is 0.538. The number of anilines is 1. The highest BCUT2D eigenvalue weighted by Gasteiger charge is 2.12. The van der Waals surface area contributed by atoms with E-state index < -0.39 is 0 Å². The van der Waals surface area contributed by atoms with Gasteiger partial charge in [-0.25, -0.2) is 0 Å². The van der Waals surface area contributed by atoms with Gasteiger partial charge in [0.2, 0.25) is 0 Å². The lowest BCUT2D eigenvalue weighted by molar-refractivity contribution is 0.206. The van der Waals surface area contributed by atoms with E-state index in [1.807, 2.05) is 6.92 Å². The van der Waals surface area contributed by atoms with E-state index in [-0.39, 0.29) is 6.10 Å². The van der Waals surface area contributed by atoms with E-state index in [1.54, 1.807) is 12.1 Å². The maximum atomic E-state index is 6.07. The van der Waals surface area contributed by atoms with Gasteiger partial charge in [-0.2, -0.15) is 0 Å². The summed E-state index contributed by atoms with van der Waals surface area (Å²) >= 11 is 12.1. The van der Waals surface area contributed by atoms with Crippen LogP contribution < -0.4 is 10.5 Å². The smallest absolute Gasteiger partial charge is 0.157 e. The van der Waals surface area contributed by atoms with Crippen molar-refractivity contribution < 1.29 is 4.74 Å². The fourth-order valence-corrected chi connectivity index (χ4v) is 2.40. The minimum absolute atomic E-state index is 0.112. The molecule has 0 amide bonds. The molecule has 1 atom stereocenters. The van der Waals surface area contributed by atoms with Gasteiger partial charge in [0.1, 0.15) is 0 Å². The third-order valence-corrected chi connectivity index (χ3v) is 3.37. The summed E-state index contributed by atoms with van der Waals surface area (Å²) in [6.07, 6.45) is 6.05. The van der Waals surface area contributed by atoms with Gasteiger partial charge >= 0.3 is 0 Å². The Kier molecular flexibility index (Phi) is 6.66. The second-order valence-electron chi connectivity index (χ2n) is 4.59. The van der Waals surface area contributed by atoms with Crippen LogP contribution in [-0.4, -0.2) is 6.10 Å². The molecule has 0 radical (unpaired) electrons. The van der Waals surface area contributed by atoms with E-state index in [9.17, 15) is 0 Å². The summed E-state index contributed by atoms with van der Waals surface area (Å²) in [6.45, 7) is 4.24. The molecule has 0 aromatic heterocycles. The molecule has 18 heavy (non-hydrogen) atoms. The van der Waals surface area contributed by atoms with Crippen molar-refractivity contribution in [2.45, 2.75) is 52.1 Å². The molecule has 1 rings (SSSR count). The zero-order chi connectivity index (χ0) is 13.5. The van der Waals surface area contributed by atoms with Gasteiger partial charge in [0.25, 0.3) is 0 Å². The van der Waals surface area contributed by atoms with Crippen molar-refractivity contribution in [3.63, 3.8) is 0 Å². The number of hydrogen-bond donors (Lipinski definition) is 1. The first kappa shape index (κ1) is 15.5. The lowest BCUT2D eigenvalue weighted by Crippen LogP contribution is -2.12. The van der Waals surface area contributed by atoms with Gasteiger partial charge in [0.05, 0.1) is 16.1 Å². The van der Waals surface area contributed by atoms with Gasteiger partial charge in [-0.15, -0.1) is 0 Å². The normalized spacial score (nSPS) is 12.4.